The highest BCUT2D eigenvalue weighted by molar-refractivity contribution is 5.89. The van der Waals surface area contributed by atoms with Crippen molar-refractivity contribution < 1.29 is 27.8 Å². The van der Waals surface area contributed by atoms with E-state index in [-0.39, 0.29) is 24.2 Å². The maximum Gasteiger partial charge on any atom is 0.416 e. The molecule has 0 spiro atoms. The lowest BCUT2D eigenvalue weighted by Gasteiger charge is -2.18. The number of fused-ring (bicyclic) bond motifs is 3. The number of cyclic esters (lactones) is 1. The second kappa shape index (κ2) is 7.58. The van der Waals surface area contributed by atoms with Gasteiger partial charge in [0.05, 0.1) is 12.1 Å². The first-order valence-electron chi connectivity index (χ1n) is 9.63. The van der Waals surface area contributed by atoms with Crippen molar-refractivity contribution in [1.82, 2.24) is 9.55 Å². The molecule has 2 aromatic rings. The molecule has 3 heterocycles. The zero-order chi connectivity index (χ0) is 21.6. The van der Waals surface area contributed by atoms with Crippen LogP contribution in [0.3, 0.4) is 0 Å². The van der Waals surface area contributed by atoms with Crippen molar-refractivity contribution in [3.63, 3.8) is 0 Å². The Labute approximate surface area is 171 Å². The summed E-state index contributed by atoms with van der Waals surface area (Å²) in [6, 6.07) is 2.38. The van der Waals surface area contributed by atoms with Crippen molar-refractivity contribution in [2.45, 2.75) is 39.3 Å². The van der Waals surface area contributed by atoms with Crippen LogP contribution in [0, 0.1) is 12.8 Å². The van der Waals surface area contributed by atoms with Crippen LogP contribution in [0.5, 0.6) is 5.75 Å². The maximum absolute atomic E-state index is 13.3. The van der Waals surface area contributed by atoms with Crippen molar-refractivity contribution in [1.29, 1.82) is 0 Å². The zero-order valence-electron chi connectivity index (χ0n) is 16.6. The van der Waals surface area contributed by atoms with Gasteiger partial charge >= 0.3 is 6.09 Å². The smallest absolute Gasteiger partial charge is 0.416 e. The Hall–Kier alpha value is -3.17. The van der Waals surface area contributed by atoms with Crippen LogP contribution in [-0.4, -0.2) is 47.2 Å². The van der Waals surface area contributed by atoms with E-state index in [2.05, 4.69) is 4.98 Å². The minimum Gasteiger partial charge on any atom is -0.491 e. The quantitative estimate of drug-likeness (QED) is 0.801. The van der Waals surface area contributed by atoms with Crippen molar-refractivity contribution in [3.05, 3.63) is 29.5 Å². The largest absolute Gasteiger partial charge is 0.491 e. The Kier molecular flexibility index (Phi) is 5.08. The molecule has 1 fully saturated rings. The number of carbonyl (C=O) groups excluding carboxylic acids is 2. The summed E-state index contributed by atoms with van der Waals surface area (Å²) in [6.07, 6.45) is -1.54. The average Bonchev–Trinajstić information content (AvgIpc) is 3.23. The van der Waals surface area contributed by atoms with Crippen molar-refractivity contribution in [3.8, 4) is 17.1 Å². The number of alkyl halides is 2. The number of rotatable bonds is 5. The molecule has 2 N–H and O–H groups in total. The Morgan fingerprint density at radius 1 is 1.37 bits per heavy atom. The molecule has 1 aromatic heterocycles. The van der Waals surface area contributed by atoms with E-state index in [0.717, 1.165) is 16.0 Å². The van der Waals surface area contributed by atoms with Gasteiger partial charge in [-0.1, -0.05) is 6.92 Å². The van der Waals surface area contributed by atoms with Crippen LogP contribution in [0.15, 0.2) is 18.3 Å². The van der Waals surface area contributed by atoms with Gasteiger partial charge in [-0.3, -0.25) is 4.79 Å². The summed E-state index contributed by atoms with van der Waals surface area (Å²) < 4.78 is 39.1. The van der Waals surface area contributed by atoms with Gasteiger partial charge < -0.3 is 19.8 Å². The molecule has 0 saturated carbocycles. The molecule has 0 unspecified atom stereocenters. The van der Waals surface area contributed by atoms with Gasteiger partial charge in [-0.2, -0.15) is 0 Å². The molecule has 8 nitrogen and oxygen atoms in total. The van der Waals surface area contributed by atoms with Crippen LogP contribution in [0.2, 0.25) is 0 Å². The number of amides is 2. The van der Waals surface area contributed by atoms with E-state index >= 15 is 0 Å². The van der Waals surface area contributed by atoms with Crippen molar-refractivity contribution in [2.24, 2.45) is 11.7 Å². The van der Waals surface area contributed by atoms with Crippen LogP contribution in [0.1, 0.15) is 18.1 Å². The predicted molar refractivity (Wildman–Crippen MR) is 104 cm³/mol. The van der Waals surface area contributed by atoms with E-state index in [4.69, 9.17) is 15.2 Å². The Morgan fingerprint density at radius 3 is 2.83 bits per heavy atom. The molecule has 0 aliphatic carbocycles. The highest BCUT2D eigenvalue weighted by Crippen LogP contribution is 2.37. The topological polar surface area (TPSA) is 99.7 Å². The Bertz CT molecular complexity index is 1010. The van der Waals surface area contributed by atoms with E-state index in [1.165, 1.54) is 0 Å². The third-order valence-corrected chi connectivity index (χ3v) is 5.49. The van der Waals surface area contributed by atoms with Crippen LogP contribution in [0.4, 0.5) is 19.4 Å². The van der Waals surface area contributed by atoms with Crippen molar-refractivity contribution in [2.75, 3.05) is 18.1 Å². The van der Waals surface area contributed by atoms with E-state index in [9.17, 15) is 18.4 Å². The van der Waals surface area contributed by atoms with E-state index < -0.39 is 18.6 Å². The number of carbonyl (C=O) groups is 2. The fourth-order valence-electron chi connectivity index (χ4n) is 3.72. The SMILES string of the molecule is Cc1cc2c(cc1C[C@@H](C)C(N)=O)OCCn1cc(N3C(=O)OC[C@H]3C(F)F)nc1-2. The van der Waals surface area contributed by atoms with Gasteiger partial charge in [-0.15, -0.1) is 0 Å². The number of anilines is 1. The fourth-order valence-corrected chi connectivity index (χ4v) is 3.72. The first kappa shape index (κ1) is 20.1. The second-order valence-corrected chi connectivity index (χ2v) is 7.60. The first-order valence-corrected chi connectivity index (χ1v) is 9.63. The molecular formula is C20H22F2N4O4. The number of nitrogens with zero attached hydrogens (tertiary/aromatic N) is 3. The molecule has 4 rings (SSSR count). The van der Waals surface area contributed by atoms with Gasteiger partial charge in [0.1, 0.15) is 30.8 Å². The van der Waals surface area contributed by atoms with Gasteiger partial charge in [0.2, 0.25) is 5.91 Å². The van der Waals surface area contributed by atoms with Gasteiger partial charge in [0.15, 0.2) is 5.82 Å². The highest BCUT2D eigenvalue weighted by Gasteiger charge is 2.42. The molecular weight excluding hydrogens is 398 g/mol. The number of imidazole rings is 1. The van der Waals surface area contributed by atoms with Crippen LogP contribution in [0.25, 0.3) is 11.4 Å². The second-order valence-electron chi connectivity index (χ2n) is 7.60. The number of halogens is 2. The summed E-state index contributed by atoms with van der Waals surface area (Å²) >= 11 is 0. The lowest BCUT2D eigenvalue weighted by atomic mass is 9.95. The number of primary amides is 1. The minimum absolute atomic E-state index is 0.120. The van der Waals surface area contributed by atoms with E-state index in [1.54, 1.807) is 17.7 Å². The summed E-state index contributed by atoms with van der Waals surface area (Å²) in [5.41, 5.74) is 7.93. The monoisotopic (exact) mass is 420 g/mol. The average molecular weight is 420 g/mol. The maximum atomic E-state index is 13.3. The normalized spacial score (nSPS) is 19.0. The molecule has 0 bridgehead atoms. The highest BCUT2D eigenvalue weighted by atomic mass is 19.3. The Balaban J connectivity index is 1.73. The number of aromatic nitrogens is 2. The number of ether oxygens (including phenoxy) is 2. The number of benzene rings is 1. The number of hydrogen-bond donors (Lipinski definition) is 1. The lowest BCUT2D eigenvalue weighted by Crippen LogP contribution is -2.38. The third-order valence-electron chi connectivity index (χ3n) is 5.49. The molecule has 2 aliphatic heterocycles. The zero-order valence-corrected chi connectivity index (χ0v) is 16.6. The van der Waals surface area contributed by atoms with Crippen LogP contribution < -0.4 is 15.4 Å². The number of aryl methyl sites for hydroxylation is 1. The summed E-state index contributed by atoms with van der Waals surface area (Å²) in [4.78, 5) is 28.8. The first-order chi connectivity index (χ1) is 14.3. The summed E-state index contributed by atoms with van der Waals surface area (Å²) in [5.74, 6) is 0.514. The molecule has 2 aliphatic rings. The standard InChI is InChI=1S/C20H22F2N4O4/c1-10-6-13-15(7-12(10)5-11(2)18(23)27)29-4-3-25-8-16(24-19(13)25)26-14(17(21)22)9-30-20(26)28/h6-8,11,14,17H,3-5,9H2,1-2H3,(H2,23,27)/t11-,14+/m1/s1. The Morgan fingerprint density at radius 2 is 2.13 bits per heavy atom. The van der Waals surface area contributed by atoms with E-state index in [0.29, 0.717) is 36.7 Å². The van der Waals surface area contributed by atoms with Crippen molar-refractivity contribution >= 4 is 17.8 Å². The molecule has 2 amide bonds. The molecule has 1 saturated heterocycles. The van der Waals surface area contributed by atoms with E-state index in [1.807, 2.05) is 19.1 Å². The van der Waals surface area contributed by atoms with Gasteiger partial charge in [0, 0.05) is 12.1 Å². The molecule has 2 atom stereocenters. The summed E-state index contributed by atoms with van der Waals surface area (Å²) in [7, 11) is 0. The van der Waals surface area contributed by atoms with Crippen LogP contribution >= 0.6 is 0 Å². The number of nitrogens with two attached hydrogens (primary N) is 1. The third kappa shape index (κ3) is 3.46. The fraction of sp³-hybridized carbons (Fsp3) is 0.450. The molecule has 1 aromatic carbocycles. The van der Waals surface area contributed by atoms with Crippen LogP contribution in [-0.2, 0) is 22.5 Å². The predicted octanol–water partition coefficient (Wildman–Crippen LogP) is 2.51. The molecule has 160 valence electrons. The number of hydrogen-bond acceptors (Lipinski definition) is 5. The summed E-state index contributed by atoms with van der Waals surface area (Å²) in [6.45, 7) is 4.07. The van der Waals surface area contributed by atoms with Gasteiger partial charge in [0.25, 0.3) is 6.43 Å². The lowest BCUT2D eigenvalue weighted by molar-refractivity contribution is -0.121. The van der Waals surface area contributed by atoms with Gasteiger partial charge in [-0.05, 0) is 36.6 Å². The molecule has 0 radical (unpaired) electrons. The molecule has 30 heavy (non-hydrogen) atoms. The molecule has 10 heteroatoms. The van der Waals surface area contributed by atoms with Gasteiger partial charge in [-0.25, -0.2) is 23.5 Å². The minimum atomic E-state index is -2.74. The summed E-state index contributed by atoms with van der Waals surface area (Å²) in [5, 5.41) is 0.